The highest BCUT2D eigenvalue weighted by Gasteiger charge is 2.45. The SMILES string of the molecule is C[C@@H]1CC=C1N1c2ccc(C(C)(C)C)cc2B2c3cc(C(C)(C)c4ccccc4)ccc3N(c3ccc(C(C)(C)c4ccccc4)cc3)c3cc(Cl)cc1c32. The molecule has 0 aromatic heterocycles. The molecule has 274 valence electrons. The minimum atomic E-state index is -0.197. The third kappa shape index (κ3) is 5.69. The molecule has 0 amide bonds. The van der Waals surface area contributed by atoms with Gasteiger partial charge in [-0.2, -0.15) is 0 Å². The summed E-state index contributed by atoms with van der Waals surface area (Å²) in [6, 6.07) is 49.9. The number of anilines is 5. The van der Waals surface area contributed by atoms with Crippen molar-refractivity contribution in [1.29, 1.82) is 0 Å². The molecule has 6 aromatic carbocycles. The first kappa shape index (κ1) is 35.7. The largest absolute Gasteiger partial charge is 0.315 e. The van der Waals surface area contributed by atoms with Crippen LogP contribution in [0.4, 0.5) is 28.4 Å². The Morgan fingerprint density at radius 2 is 1.00 bits per heavy atom. The fourth-order valence-electron chi connectivity index (χ4n) is 9.22. The van der Waals surface area contributed by atoms with Gasteiger partial charge in [-0.3, -0.25) is 0 Å². The molecule has 4 heteroatoms. The number of hydrogen-bond donors (Lipinski definition) is 0. The van der Waals surface area contributed by atoms with Crippen LogP contribution >= 0.6 is 11.6 Å². The van der Waals surface area contributed by atoms with Crippen molar-refractivity contribution in [3.05, 3.63) is 178 Å². The molecule has 0 fully saturated rings. The maximum Gasteiger partial charge on any atom is 0.252 e. The molecule has 0 saturated heterocycles. The van der Waals surface area contributed by atoms with E-state index in [0.717, 1.165) is 22.8 Å². The Morgan fingerprint density at radius 1 is 0.527 bits per heavy atom. The van der Waals surface area contributed by atoms with Crippen LogP contribution in [0.1, 0.15) is 89.6 Å². The summed E-state index contributed by atoms with van der Waals surface area (Å²) in [5, 5.41) is 0.747. The van der Waals surface area contributed by atoms with Gasteiger partial charge in [0.1, 0.15) is 0 Å². The molecule has 0 unspecified atom stereocenters. The molecule has 0 radical (unpaired) electrons. The van der Waals surface area contributed by atoms with Gasteiger partial charge in [0.05, 0.1) is 0 Å². The minimum absolute atomic E-state index is 0.00193. The maximum absolute atomic E-state index is 7.22. The van der Waals surface area contributed by atoms with E-state index >= 15 is 0 Å². The van der Waals surface area contributed by atoms with Gasteiger partial charge in [-0.25, -0.2) is 0 Å². The lowest BCUT2D eigenvalue weighted by Crippen LogP contribution is -2.62. The molecular weight excluding hydrogens is 687 g/mol. The van der Waals surface area contributed by atoms with Crippen molar-refractivity contribution >= 4 is 63.1 Å². The minimum Gasteiger partial charge on any atom is -0.315 e. The quantitative estimate of drug-likeness (QED) is 0.157. The van der Waals surface area contributed by atoms with Crippen molar-refractivity contribution in [3.8, 4) is 0 Å². The van der Waals surface area contributed by atoms with Gasteiger partial charge >= 0.3 is 0 Å². The van der Waals surface area contributed by atoms with Gasteiger partial charge < -0.3 is 9.80 Å². The van der Waals surface area contributed by atoms with E-state index in [1.807, 2.05) is 0 Å². The molecule has 3 aliphatic rings. The number of hydrogen-bond acceptors (Lipinski definition) is 2. The van der Waals surface area contributed by atoms with Crippen molar-refractivity contribution in [2.24, 2.45) is 5.92 Å². The smallest absolute Gasteiger partial charge is 0.252 e. The number of halogens is 1. The number of allylic oxidation sites excluding steroid dienone is 2. The third-order valence-electron chi connectivity index (χ3n) is 12.9. The molecule has 9 rings (SSSR count). The average Bonchev–Trinajstić information content (AvgIpc) is 3.18. The van der Waals surface area contributed by atoms with Gasteiger partial charge in [0, 0.05) is 50.0 Å². The molecule has 2 aliphatic heterocycles. The van der Waals surface area contributed by atoms with Crippen molar-refractivity contribution in [2.45, 2.75) is 78.1 Å². The Balaban J connectivity index is 1.31. The molecule has 2 heterocycles. The molecule has 1 atom stereocenters. The Hall–Kier alpha value is -4.99. The Bertz CT molecular complexity index is 2470. The zero-order chi connectivity index (χ0) is 38.4. The molecule has 0 spiro atoms. The van der Waals surface area contributed by atoms with Gasteiger partial charge in [0.25, 0.3) is 6.71 Å². The topological polar surface area (TPSA) is 6.48 Å². The van der Waals surface area contributed by atoms with E-state index in [-0.39, 0.29) is 23.0 Å². The average molecular weight is 737 g/mol. The second-order valence-corrected chi connectivity index (χ2v) is 18.5. The van der Waals surface area contributed by atoms with E-state index in [2.05, 4.69) is 205 Å². The van der Waals surface area contributed by atoms with Crippen LogP contribution in [0.15, 0.2) is 145 Å². The Labute approximate surface area is 333 Å². The molecule has 0 bridgehead atoms. The van der Waals surface area contributed by atoms with Crippen LogP contribution in [0.2, 0.25) is 5.02 Å². The summed E-state index contributed by atoms with van der Waals surface area (Å²) in [7, 11) is 0. The summed E-state index contributed by atoms with van der Waals surface area (Å²) in [6.45, 7) is 18.7. The number of fused-ring (bicyclic) bond motifs is 4. The van der Waals surface area contributed by atoms with E-state index in [9.17, 15) is 0 Å². The van der Waals surface area contributed by atoms with Crippen LogP contribution in [0.5, 0.6) is 0 Å². The summed E-state index contributed by atoms with van der Waals surface area (Å²) >= 11 is 7.22. The van der Waals surface area contributed by atoms with E-state index in [1.54, 1.807) is 0 Å². The van der Waals surface area contributed by atoms with Crippen LogP contribution in [0, 0.1) is 5.92 Å². The lowest BCUT2D eigenvalue weighted by Gasteiger charge is -2.47. The summed E-state index contributed by atoms with van der Waals surface area (Å²) in [5.41, 5.74) is 17.5. The number of nitrogens with zero attached hydrogens (tertiary/aromatic N) is 2. The van der Waals surface area contributed by atoms with Crippen LogP contribution in [-0.2, 0) is 16.2 Å². The fraction of sp³-hybridized carbons (Fsp3) is 0.255. The number of benzene rings is 6. The maximum atomic E-state index is 7.22. The van der Waals surface area contributed by atoms with E-state index in [1.165, 1.54) is 67.0 Å². The lowest BCUT2D eigenvalue weighted by atomic mass is 9.33. The first-order chi connectivity index (χ1) is 26.2. The van der Waals surface area contributed by atoms with Crippen molar-refractivity contribution in [3.63, 3.8) is 0 Å². The second kappa shape index (κ2) is 12.8. The van der Waals surface area contributed by atoms with Gasteiger partial charge in [0.2, 0.25) is 0 Å². The highest BCUT2D eigenvalue weighted by Crippen LogP contribution is 2.48. The van der Waals surface area contributed by atoms with Crippen molar-refractivity contribution in [1.82, 2.24) is 0 Å². The third-order valence-corrected chi connectivity index (χ3v) is 13.1. The molecule has 6 aromatic rings. The molecule has 0 saturated carbocycles. The Kier molecular flexibility index (Phi) is 8.30. The van der Waals surface area contributed by atoms with Crippen molar-refractivity contribution in [2.75, 3.05) is 9.80 Å². The van der Waals surface area contributed by atoms with Gasteiger partial charge in [-0.05, 0) is 98.4 Å². The lowest BCUT2D eigenvalue weighted by molar-refractivity contribution is 0.590. The zero-order valence-electron chi connectivity index (χ0n) is 33.4. The summed E-state index contributed by atoms with van der Waals surface area (Å²) < 4.78 is 0. The predicted octanol–water partition coefficient (Wildman–Crippen LogP) is 12.0. The fourth-order valence-corrected chi connectivity index (χ4v) is 9.43. The van der Waals surface area contributed by atoms with E-state index in [4.69, 9.17) is 11.6 Å². The van der Waals surface area contributed by atoms with Crippen molar-refractivity contribution < 1.29 is 0 Å². The van der Waals surface area contributed by atoms with Gasteiger partial charge in [-0.1, -0.05) is 170 Å². The predicted molar refractivity (Wildman–Crippen MR) is 237 cm³/mol. The first-order valence-electron chi connectivity index (χ1n) is 19.9. The summed E-state index contributed by atoms with van der Waals surface area (Å²) in [4.78, 5) is 5.01. The normalized spacial score (nSPS) is 16.2. The van der Waals surface area contributed by atoms with Crippen LogP contribution in [0.3, 0.4) is 0 Å². The number of rotatable bonds is 6. The van der Waals surface area contributed by atoms with Crippen LogP contribution in [0.25, 0.3) is 0 Å². The highest BCUT2D eigenvalue weighted by molar-refractivity contribution is 7.00. The summed E-state index contributed by atoms with van der Waals surface area (Å²) in [6.07, 6.45) is 3.49. The Morgan fingerprint density at radius 3 is 1.53 bits per heavy atom. The first-order valence-corrected chi connectivity index (χ1v) is 20.3. The van der Waals surface area contributed by atoms with Gasteiger partial charge in [-0.15, -0.1) is 0 Å². The van der Waals surface area contributed by atoms with Crippen LogP contribution in [-0.4, -0.2) is 6.71 Å². The highest BCUT2D eigenvalue weighted by atomic mass is 35.5. The van der Waals surface area contributed by atoms with Gasteiger partial charge in [0.15, 0.2) is 0 Å². The van der Waals surface area contributed by atoms with E-state index < -0.39 is 0 Å². The molecule has 0 N–H and O–H groups in total. The molecule has 55 heavy (non-hydrogen) atoms. The molecular formula is C51H50BClN2. The summed E-state index contributed by atoms with van der Waals surface area (Å²) in [5.74, 6) is 0.465. The standard InChI is InChI=1S/C51H50BClN2/c1-33-19-26-43(33)55-45-27-22-37(49(2,3)4)29-41(45)52-42-30-38(51(7,8)35-17-13-10-14-18-35)23-28-44(42)54(46-31-39(53)32-47(55)48(46)52)40-24-20-36(21-25-40)50(5,6)34-15-11-9-12-16-34/h9-18,20-33H,19H2,1-8H3/t33-/m1/s1. The second-order valence-electron chi connectivity index (χ2n) is 18.1. The zero-order valence-corrected chi connectivity index (χ0v) is 34.2. The van der Waals surface area contributed by atoms with Crippen LogP contribution < -0.4 is 26.2 Å². The monoisotopic (exact) mass is 736 g/mol. The molecule has 2 nitrogen and oxygen atoms in total. The van der Waals surface area contributed by atoms with E-state index in [0.29, 0.717) is 5.92 Å². The molecule has 1 aliphatic carbocycles.